The second-order valence-electron chi connectivity index (χ2n) is 6.57. The van der Waals surface area contributed by atoms with Crippen molar-refractivity contribution in [2.24, 2.45) is 0 Å². The third kappa shape index (κ3) is 3.11. The maximum atomic E-state index is 13.3. The third-order valence-corrected chi connectivity index (χ3v) is 4.83. The molecule has 0 radical (unpaired) electrons. The van der Waals surface area contributed by atoms with Crippen molar-refractivity contribution in [3.05, 3.63) is 71.9 Å². The summed E-state index contributed by atoms with van der Waals surface area (Å²) in [5, 5.41) is 11.0. The summed E-state index contributed by atoms with van der Waals surface area (Å²) in [5.74, 6) is -0.0837. The molecule has 0 bridgehead atoms. The Morgan fingerprint density at radius 1 is 1.00 bits per heavy atom. The number of benzene rings is 2. The van der Waals surface area contributed by atoms with E-state index in [-0.39, 0.29) is 11.9 Å². The van der Waals surface area contributed by atoms with Crippen LogP contribution in [0.25, 0.3) is 11.3 Å². The molecular weight excluding hydrogens is 326 g/mol. The third-order valence-electron chi connectivity index (χ3n) is 4.83. The van der Waals surface area contributed by atoms with Gasteiger partial charge in [0.15, 0.2) is 5.69 Å². The van der Waals surface area contributed by atoms with E-state index in [2.05, 4.69) is 39.5 Å². The van der Waals surface area contributed by atoms with Crippen LogP contribution in [0, 0.1) is 0 Å². The second-order valence-corrected chi connectivity index (χ2v) is 6.57. The summed E-state index contributed by atoms with van der Waals surface area (Å²) in [4.78, 5) is 17.5. The summed E-state index contributed by atoms with van der Waals surface area (Å²) in [6, 6.07) is 19.8. The number of aromatic amines is 1. The lowest BCUT2D eigenvalue weighted by Crippen LogP contribution is -2.49. The Balaban J connectivity index is 1.68. The minimum absolute atomic E-state index is 0.00257. The maximum absolute atomic E-state index is 13.3. The largest absolute Gasteiger partial charge is 0.328 e. The topological polar surface area (TPSA) is 65.1 Å². The first kappa shape index (κ1) is 16.5. The van der Waals surface area contributed by atoms with Crippen LogP contribution < -0.4 is 0 Å². The summed E-state index contributed by atoms with van der Waals surface area (Å²) >= 11 is 0. The van der Waals surface area contributed by atoms with Gasteiger partial charge in [-0.15, -0.1) is 0 Å². The number of rotatable bonds is 3. The predicted octanol–water partition coefficient (Wildman–Crippen LogP) is 2.60. The first-order valence-electron chi connectivity index (χ1n) is 8.74. The smallest absolute Gasteiger partial charge is 0.277 e. The van der Waals surface area contributed by atoms with Crippen LogP contribution in [-0.2, 0) is 0 Å². The molecule has 0 aliphatic carbocycles. The molecule has 1 aliphatic rings. The highest BCUT2D eigenvalue weighted by molar-refractivity contribution is 5.98. The average Bonchev–Trinajstić information content (AvgIpc) is 3.19. The lowest BCUT2D eigenvalue weighted by atomic mass is 10.0. The SMILES string of the molecule is CN1CCN(C(=O)c2n[nH]nc2-c2ccccc2)C(c2ccccc2)C1. The number of hydrogen-bond acceptors (Lipinski definition) is 4. The molecule has 1 amide bonds. The van der Waals surface area contributed by atoms with Crippen molar-refractivity contribution in [2.45, 2.75) is 6.04 Å². The van der Waals surface area contributed by atoms with Gasteiger partial charge < -0.3 is 9.80 Å². The highest BCUT2D eigenvalue weighted by Crippen LogP contribution is 2.28. The van der Waals surface area contributed by atoms with Crippen LogP contribution in [0.4, 0.5) is 0 Å². The molecular formula is C20H21N5O. The molecule has 1 aliphatic heterocycles. The van der Waals surface area contributed by atoms with Gasteiger partial charge in [0.1, 0.15) is 5.69 Å². The van der Waals surface area contributed by atoms with E-state index in [0.29, 0.717) is 17.9 Å². The number of amides is 1. The molecule has 1 unspecified atom stereocenters. The molecule has 1 atom stereocenters. The zero-order valence-electron chi connectivity index (χ0n) is 14.7. The Hall–Kier alpha value is -2.99. The van der Waals surface area contributed by atoms with Gasteiger partial charge in [0.2, 0.25) is 0 Å². The van der Waals surface area contributed by atoms with Crippen LogP contribution in [0.3, 0.4) is 0 Å². The lowest BCUT2D eigenvalue weighted by Gasteiger charge is -2.40. The van der Waals surface area contributed by atoms with Crippen LogP contribution in [0.15, 0.2) is 60.7 Å². The van der Waals surface area contributed by atoms with Gasteiger partial charge in [0.25, 0.3) is 5.91 Å². The van der Waals surface area contributed by atoms with Crippen LogP contribution >= 0.6 is 0 Å². The normalized spacial score (nSPS) is 18.0. The zero-order valence-corrected chi connectivity index (χ0v) is 14.7. The van der Waals surface area contributed by atoms with Gasteiger partial charge in [-0.1, -0.05) is 60.7 Å². The number of carbonyl (C=O) groups is 1. The van der Waals surface area contributed by atoms with Crippen molar-refractivity contribution >= 4 is 5.91 Å². The van der Waals surface area contributed by atoms with Crippen molar-refractivity contribution in [3.8, 4) is 11.3 Å². The zero-order chi connectivity index (χ0) is 17.9. The van der Waals surface area contributed by atoms with Gasteiger partial charge in [0.05, 0.1) is 6.04 Å². The molecule has 2 heterocycles. The van der Waals surface area contributed by atoms with Gasteiger partial charge in [0, 0.05) is 25.2 Å². The van der Waals surface area contributed by atoms with Gasteiger partial charge in [-0.25, -0.2) is 0 Å². The number of likely N-dealkylation sites (N-methyl/N-ethyl adjacent to an activating group) is 1. The summed E-state index contributed by atoms with van der Waals surface area (Å²) < 4.78 is 0. The van der Waals surface area contributed by atoms with Crippen LogP contribution in [-0.4, -0.2) is 57.8 Å². The molecule has 6 nitrogen and oxygen atoms in total. The molecule has 1 saturated heterocycles. The Bertz CT molecular complexity index is 877. The van der Waals surface area contributed by atoms with E-state index in [9.17, 15) is 4.79 Å². The van der Waals surface area contributed by atoms with E-state index in [1.54, 1.807) is 0 Å². The number of nitrogens with zero attached hydrogens (tertiary/aromatic N) is 4. The number of hydrogen-bond donors (Lipinski definition) is 1. The summed E-state index contributed by atoms with van der Waals surface area (Å²) in [6.07, 6.45) is 0. The van der Waals surface area contributed by atoms with Crippen molar-refractivity contribution in [1.29, 1.82) is 0 Å². The summed E-state index contributed by atoms with van der Waals surface area (Å²) in [6.45, 7) is 2.30. The number of carbonyl (C=O) groups excluding carboxylic acids is 1. The molecule has 0 saturated carbocycles. The van der Waals surface area contributed by atoms with E-state index < -0.39 is 0 Å². The number of H-pyrrole nitrogens is 1. The van der Waals surface area contributed by atoms with Gasteiger partial charge >= 0.3 is 0 Å². The Morgan fingerprint density at radius 3 is 2.42 bits per heavy atom. The fourth-order valence-electron chi connectivity index (χ4n) is 3.44. The van der Waals surface area contributed by atoms with E-state index in [4.69, 9.17) is 0 Å². The molecule has 26 heavy (non-hydrogen) atoms. The monoisotopic (exact) mass is 347 g/mol. The highest BCUT2D eigenvalue weighted by atomic mass is 16.2. The fraction of sp³-hybridized carbons (Fsp3) is 0.250. The molecule has 4 rings (SSSR count). The average molecular weight is 347 g/mol. The van der Waals surface area contributed by atoms with E-state index in [0.717, 1.165) is 24.2 Å². The first-order valence-corrected chi connectivity index (χ1v) is 8.74. The minimum Gasteiger partial charge on any atom is -0.328 e. The second kappa shape index (κ2) is 7.09. The van der Waals surface area contributed by atoms with Crippen LogP contribution in [0.5, 0.6) is 0 Å². The lowest BCUT2D eigenvalue weighted by molar-refractivity contribution is 0.0493. The van der Waals surface area contributed by atoms with Gasteiger partial charge in [-0.3, -0.25) is 4.79 Å². The van der Waals surface area contributed by atoms with Crippen molar-refractivity contribution in [1.82, 2.24) is 25.2 Å². The number of aromatic nitrogens is 3. The van der Waals surface area contributed by atoms with Gasteiger partial charge in [-0.05, 0) is 12.6 Å². The van der Waals surface area contributed by atoms with Gasteiger partial charge in [-0.2, -0.15) is 15.4 Å². The van der Waals surface area contributed by atoms with Crippen molar-refractivity contribution in [2.75, 3.05) is 26.7 Å². The Morgan fingerprint density at radius 2 is 1.69 bits per heavy atom. The van der Waals surface area contributed by atoms with E-state index in [1.807, 2.05) is 53.4 Å². The first-order chi connectivity index (χ1) is 12.7. The van der Waals surface area contributed by atoms with Crippen molar-refractivity contribution < 1.29 is 4.79 Å². The Labute approximate surface area is 152 Å². The standard InChI is InChI=1S/C20H21N5O/c1-24-12-13-25(17(14-24)15-8-4-2-5-9-15)20(26)19-18(21-23-22-19)16-10-6-3-7-11-16/h2-11,17H,12-14H2,1H3,(H,21,22,23). The van der Waals surface area contributed by atoms with E-state index in [1.165, 1.54) is 0 Å². The number of nitrogens with one attached hydrogen (secondary N) is 1. The molecule has 132 valence electrons. The predicted molar refractivity (Wildman–Crippen MR) is 99.5 cm³/mol. The molecule has 1 aromatic heterocycles. The quantitative estimate of drug-likeness (QED) is 0.791. The van der Waals surface area contributed by atoms with Crippen molar-refractivity contribution in [3.63, 3.8) is 0 Å². The molecule has 6 heteroatoms. The molecule has 2 aromatic carbocycles. The molecule has 3 aromatic rings. The van der Waals surface area contributed by atoms with E-state index >= 15 is 0 Å². The molecule has 1 fully saturated rings. The van der Waals surface area contributed by atoms with Crippen LogP contribution in [0.2, 0.25) is 0 Å². The summed E-state index contributed by atoms with van der Waals surface area (Å²) in [5.41, 5.74) is 3.00. The number of piperazine rings is 1. The summed E-state index contributed by atoms with van der Waals surface area (Å²) in [7, 11) is 2.09. The maximum Gasteiger partial charge on any atom is 0.277 e. The minimum atomic E-state index is -0.0837. The molecule has 0 spiro atoms. The van der Waals surface area contributed by atoms with Crippen LogP contribution in [0.1, 0.15) is 22.1 Å². The Kier molecular flexibility index (Phi) is 4.50. The molecule has 1 N–H and O–H groups in total. The fourth-order valence-corrected chi connectivity index (χ4v) is 3.44. The highest BCUT2D eigenvalue weighted by Gasteiger charge is 2.33.